The molecule has 0 fully saturated rings. The monoisotopic (exact) mass is 877 g/mol. The van der Waals surface area contributed by atoms with Crippen LogP contribution in [0, 0.1) is 0 Å². The van der Waals surface area contributed by atoms with Crippen LogP contribution in [-0.2, 0) is 51.9 Å². The third-order valence-electron chi connectivity index (χ3n) is 10.3. The zero-order valence-corrected chi connectivity index (χ0v) is 38.0. The van der Waals surface area contributed by atoms with Gasteiger partial charge in [0.05, 0.1) is 52.6 Å². The molecule has 64 heavy (non-hydrogen) atoms. The quantitative estimate of drug-likeness (QED) is 0.0393. The maximum atomic E-state index is 6.77. The van der Waals surface area contributed by atoms with Crippen molar-refractivity contribution in [2.45, 2.75) is 105 Å². The summed E-state index contributed by atoms with van der Waals surface area (Å²) in [6.45, 7) is 11.4. The van der Waals surface area contributed by atoms with Crippen molar-refractivity contribution in [3.05, 3.63) is 115 Å². The number of fused-ring (bicyclic) bond motifs is 8. The molecule has 16 N–H and O–H groups in total. The predicted molar refractivity (Wildman–Crippen MR) is 258 cm³/mol. The second kappa shape index (κ2) is 23.6. The number of rotatable bonds is 20. The first-order chi connectivity index (χ1) is 30.8. The molecule has 1 aliphatic rings. The van der Waals surface area contributed by atoms with Gasteiger partial charge in [-0.3, -0.25) is 0 Å². The molecule has 16 nitrogen and oxygen atoms in total. The van der Waals surface area contributed by atoms with E-state index in [0.29, 0.717) is 52.1 Å². The Morgan fingerprint density at radius 2 is 0.516 bits per heavy atom. The van der Waals surface area contributed by atoms with E-state index in [9.17, 15) is 0 Å². The Morgan fingerprint density at radius 3 is 0.656 bits per heavy atom. The molecule has 0 aromatic heterocycles. The molecule has 0 unspecified atom stereocenters. The number of hydrogen-bond donors (Lipinski definition) is 8. The molecule has 0 heterocycles. The average Bonchev–Trinajstić information content (AvgIpc) is 3.24. The molecular weight excluding hydrogens is 809 g/mol. The van der Waals surface area contributed by atoms with Crippen molar-refractivity contribution in [3.8, 4) is 23.0 Å². The van der Waals surface area contributed by atoms with E-state index in [1.807, 2.05) is 0 Å². The first-order valence-electron chi connectivity index (χ1n) is 22.1. The summed E-state index contributed by atoms with van der Waals surface area (Å²) in [5.41, 5.74) is 58.3. The van der Waals surface area contributed by atoms with Crippen LogP contribution in [0.25, 0.3) is 0 Å². The van der Waals surface area contributed by atoms with Crippen LogP contribution < -0.4 is 64.8 Å². The van der Waals surface area contributed by atoms with Crippen molar-refractivity contribution in [1.82, 2.24) is 0 Å². The van der Waals surface area contributed by atoms with Crippen LogP contribution in [0.5, 0.6) is 23.0 Å². The third-order valence-corrected chi connectivity index (χ3v) is 10.3. The average molecular weight is 877 g/mol. The topological polar surface area (TPSA) is 295 Å². The number of nitrogens with zero attached hydrogens (tertiary/aromatic N) is 4. The zero-order valence-electron chi connectivity index (χ0n) is 38.0. The van der Waals surface area contributed by atoms with E-state index >= 15 is 0 Å². The summed E-state index contributed by atoms with van der Waals surface area (Å²) in [4.78, 5) is 17.7. The second-order valence-corrected chi connectivity index (χ2v) is 16.0. The van der Waals surface area contributed by atoms with Crippen molar-refractivity contribution in [1.29, 1.82) is 0 Å². The van der Waals surface area contributed by atoms with Gasteiger partial charge in [-0.05, 0) is 141 Å². The minimum atomic E-state index is -0.00420. The molecule has 0 saturated carbocycles. The van der Waals surface area contributed by atoms with Crippen molar-refractivity contribution in [3.63, 3.8) is 0 Å². The Bertz CT molecular complexity index is 1920. The Balaban J connectivity index is 1.97. The molecule has 4 aromatic carbocycles. The van der Waals surface area contributed by atoms with Gasteiger partial charge in [-0.25, -0.2) is 20.0 Å². The first-order valence-corrected chi connectivity index (χ1v) is 22.1. The van der Waals surface area contributed by atoms with Gasteiger partial charge >= 0.3 is 0 Å². The lowest BCUT2D eigenvalue weighted by Crippen LogP contribution is -2.22. The molecule has 0 atom stereocenters. The largest absolute Gasteiger partial charge is 0.493 e. The number of nitrogens with two attached hydrogens (primary N) is 8. The standard InChI is InChI=1S/C48H68N12O4/c1-5-9-61-41-33-13-29(25-57-45(49)50)14-34(41)22-36-16-31(27-59-47(53)54)18-38(43(36)63-11-7-3)24-40-20-32(28-60-48(55)56)19-39(44(40)64-12-8-4)23-37-17-30(26-58-46(51)52)15-35(21-33)42(37)62-10-6-2/h13-20H,5-12,21-28H2,1-4H3,(H4,49,50,57)(H4,51,52,58)(H4,53,54,59)(H4,55,56,60). The maximum absolute atomic E-state index is 6.77. The number of ether oxygens (including phenoxy) is 4. The lowest BCUT2D eigenvalue weighted by atomic mass is 9.88. The number of benzene rings is 4. The molecule has 0 aliphatic heterocycles. The van der Waals surface area contributed by atoms with Crippen molar-refractivity contribution in [2.24, 2.45) is 65.8 Å². The molecule has 0 amide bonds. The highest BCUT2D eigenvalue weighted by Crippen LogP contribution is 2.41. The van der Waals surface area contributed by atoms with Crippen LogP contribution in [0.3, 0.4) is 0 Å². The van der Waals surface area contributed by atoms with Crippen molar-refractivity contribution in [2.75, 3.05) is 26.4 Å². The van der Waals surface area contributed by atoms with Crippen LogP contribution in [0.2, 0.25) is 0 Å². The van der Waals surface area contributed by atoms with Gasteiger partial charge in [0.2, 0.25) is 0 Å². The third kappa shape index (κ3) is 13.6. The Labute approximate surface area is 377 Å². The van der Waals surface area contributed by atoms with Gasteiger partial charge < -0.3 is 64.8 Å². The van der Waals surface area contributed by atoms with Crippen molar-refractivity contribution >= 4 is 23.8 Å². The maximum Gasteiger partial charge on any atom is 0.186 e. The van der Waals surface area contributed by atoms with Crippen molar-refractivity contribution < 1.29 is 18.9 Å². The SMILES string of the molecule is CCCOc1c2cc(CN=C(N)N)cc1Cc1cc(CN=C(N)N)cc(c1OCCC)Cc1cc(CN=C(N)N)cc(c1OCCC)Cc1cc(CN=C(N)N)cc(c1OCCC)C2. The smallest absolute Gasteiger partial charge is 0.186 e. The minimum absolute atomic E-state index is 0.00420. The lowest BCUT2D eigenvalue weighted by molar-refractivity contribution is 0.304. The molecule has 0 saturated heterocycles. The van der Waals surface area contributed by atoms with E-state index in [4.69, 9.17) is 64.8 Å². The molecule has 4 aromatic rings. The van der Waals surface area contributed by atoms with Crippen LogP contribution in [0.1, 0.15) is 120 Å². The van der Waals surface area contributed by atoms with Gasteiger partial charge in [0, 0.05) is 25.7 Å². The van der Waals surface area contributed by atoms with Crippen LogP contribution in [-0.4, -0.2) is 50.3 Å². The van der Waals surface area contributed by atoms with Gasteiger partial charge in [-0.15, -0.1) is 0 Å². The normalized spacial score (nSPS) is 11.8. The molecule has 0 radical (unpaired) electrons. The predicted octanol–water partition coefficient (Wildman–Crippen LogP) is 4.61. The number of aliphatic imine (C=N–C) groups is 4. The molecule has 5 rings (SSSR count). The van der Waals surface area contributed by atoms with Crippen LogP contribution >= 0.6 is 0 Å². The van der Waals surface area contributed by atoms with E-state index in [0.717, 1.165) is 115 Å². The van der Waals surface area contributed by atoms with E-state index in [-0.39, 0.29) is 50.0 Å². The van der Waals surface area contributed by atoms with E-state index in [2.05, 4.69) is 96.2 Å². The number of hydrogen-bond acceptors (Lipinski definition) is 8. The first kappa shape index (κ1) is 48.2. The highest BCUT2D eigenvalue weighted by Gasteiger charge is 2.25. The minimum Gasteiger partial charge on any atom is -0.493 e. The molecular formula is C48H68N12O4. The summed E-state index contributed by atoms with van der Waals surface area (Å²) in [6.07, 6.45) is 4.94. The highest BCUT2D eigenvalue weighted by atomic mass is 16.5. The second-order valence-electron chi connectivity index (χ2n) is 16.0. The lowest BCUT2D eigenvalue weighted by Gasteiger charge is -2.24. The van der Waals surface area contributed by atoms with Gasteiger partial charge in [-0.1, -0.05) is 27.7 Å². The van der Waals surface area contributed by atoms with Crippen LogP contribution in [0.4, 0.5) is 0 Å². The molecule has 1 aliphatic carbocycles. The Kier molecular flexibility index (Phi) is 17.7. The summed E-state index contributed by atoms with van der Waals surface area (Å²) in [6, 6.07) is 16.9. The summed E-state index contributed by atoms with van der Waals surface area (Å²) in [5, 5.41) is 0. The van der Waals surface area contributed by atoms with Crippen LogP contribution in [0.15, 0.2) is 68.5 Å². The molecule has 344 valence electrons. The summed E-state index contributed by atoms with van der Waals surface area (Å²) in [5.74, 6) is 3.05. The highest BCUT2D eigenvalue weighted by molar-refractivity contribution is 5.77. The zero-order chi connectivity index (χ0) is 46.2. The molecule has 0 spiro atoms. The van der Waals surface area contributed by atoms with Gasteiger partial charge in [-0.2, -0.15) is 0 Å². The summed E-state index contributed by atoms with van der Waals surface area (Å²) >= 11 is 0. The Hall–Kier alpha value is -6.84. The Morgan fingerprint density at radius 1 is 0.344 bits per heavy atom. The van der Waals surface area contributed by atoms with Gasteiger partial charge in [0.25, 0.3) is 0 Å². The van der Waals surface area contributed by atoms with E-state index in [1.54, 1.807) is 0 Å². The number of guanidine groups is 4. The fourth-order valence-electron chi connectivity index (χ4n) is 7.83. The van der Waals surface area contributed by atoms with E-state index in [1.165, 1.54) is 0 Å². The fraction of sp³-hybridized carbons (Fsp3) is 0.417. The van der Waals surface area contributed by atoms with Gasteiger partial charge in [0.15, 0.2) is 23.8 Å². The van der Waals surface area contributed by atoms with E-state index < -0.39 is 0 Å². The fourth-order valence-corrected chi connectivity index (χ4v) is 7.83. The summed E-state index contributed by atoms with van der Waals surface area (Å²) in [7, 11) is 0. The molecule has 8 bridgehead atoms. The van der Waals surface area contributed by atoms with Gasteiger partial charge in [0.1, 0.15) is 23.0 Å². The molecule has 16 heteroatoms. The summed E-state index contributed by atoms with van der Waals surface area (Å²) < 4.78 is 27.1.